The summed E-state index contributed by atoms with van der Waals surface area (Å²) in [6.07, 6.45) is 5.29. The Morgan fingerprint density at radius 1 is 1.28 bits per heavy atom. The minimum Gasteiger partial charge on any atom is -0.619 e. The van der Waals surface area contributed by atoms with Crippen molar-refractivity contribution in [3.63, 3.8) is 0 Å². The van der Waals surface area contributed by atoms with Crippen LogP contribution >= 0.6 is 0 Å². The Labute approximate surface area is 142 Å². The molecule has 0 bridgehead atoms. The van der Waals surface area contributed by atoms with Gasteiger partial charge in [0.2, 0.25) is 0 Å². The molecule has 6 nitrogen and oxygen atoms in total. The third-order valence-corrected chi connectivity index (χ3v) is 4.31. The summed E-state index contributed by atoms with van der Waals surface area (Å²) in [5.41, 5.74) is -1.17. The second-order valence-electron chi connectivity index (χ2n) is 5.85. The van der Waals surface area contributed by atoms with Crippen molar-refractivity contribution in [2.24, 2.45) is 0 Å². The molecule has 0 aliphatic heterocycles. The Morgan fingerprint density at radius 3 is 2.60 bits per heavy atom. The Kier molecular flexibility index (Phi) is 4.45. The van der Waals surface area contributed by atoms with Crippen molar-refractivity contribution >= 4 is 0 Å². The Hall–Kier alpha value is -2.87. The summed E-state index contributed by atoms with van der Waals surface area (Å²) >= 11 is 0. The highest BCUT2D eigenvalue weighted by Gasteiger charge is 2.40. The molecule has 130 valence electrons. The summed E-state index contributed by atoms with van der Waals surface area (Å²) < 4.78 is 29.7. The van der Waals surface area contributed by atoms with Gasteiger partial charge in [0.25, 0.3) is 0 Å². The second-order valence-corrected chi connectivity index (χ2v) is 5.85. The van der Waals surface area contributed by atoms with Gasteiger partial charge in [-0.3, -0.25) is 0 Å². The standard InChI is InChI=1S/C17H16F2N4O2/c1-12(13-4-6-23(25)7-5-13)17(24,9-22-11-20-10-21-22)15-3-2-14(18)8-16(15)19/h2-8,10-12,24H,9H2,1H3. The fraction of sp³-hybridized carbons (Fsp3) is 0.235. The molecule has 2 atom stereocenters. The molecule has 0 spiro atoms. The van der Waals surface area contributed by atoms with E-state index < -0.39 is 23.2 Å². The number of hydrogen-bond donors (Lipinski definition) is 1. The number of hydrogen-bond acceptors (Lipinski definition) is 4. The van der Waals surface area contributed by atoms with Crippen LogP contribution in [0.25, 0.3) is 0 Å². The number of benzene rings is 1. The van der Waals surface area contributed by atoms with Crippen LogP contribution in [0.15, 0.2) is 55.4 Å². The van der Waals surface area contributed by atoms with Gasteiger partial charge in [-0.25, -0.2) is 18.4 Å². The molecule has 25 heavy (non-hydrogen) atoms. The largest absolute Gasteiger partial charge is 0.619 e. The maximum atomic E-state index is 14.4. The van der Waals surface area contributed by atoms with E-state index >= 15 is 0 Å². The van der Waals surface area contributed by atoms with Gasteiger partial charge in [-0.2, -0.15) is 9.83 Å². The first kappa shape index (κ1) is 17.0. The summed E-state index contributed by atoms with van der Waals surface area (Å²) in [6, 6.07) is 6.13. The predicted molar refractivity (Wildman–Crippen MR) is 84.1 cm³/mol. The SMILES string of the molecule is CC(c1cc[n+]([O-])cc1)C(O)(Cn1cncn1)c1ccc(F)cc1F. The van der Waals surface area contributed by atoms with E-state index in [9.17, 15) is 19.1 Å². The maximum Gasteiger partial charge on any atom is 0.180 e. The van der Waals surface area contributed by atoms with Gasteiger partial charge in [0.05, 0.1) is 6.54 Å². The summed E-state index contributed by atoms with van der Waals surface area (Å²) in [6.45, 7) is 1.60. The number of pyridine rings is 1. The van der Waals surface area contributed by atoms with Gasteiger partial charge >= 0.3 is 0 Å². The third-order valence-electron chi connectivity index (χ3n) is 4.31. The number of nitrogens with zero attached hydrogens (tertiary/aromatic N) is 4. The topological polar surface area (TPSA) is 77.9 Å². The highest BCUT2D eigenvalue weighted by Crippen LogP contribution is 2.39. The molecule has 0 aliphatic carbocycles. The van der Waals surface area contributed by atoms with Gasteiger partial charge in [-0.05, 0) is 11.6 Å². The van der Waals surface area contributed by atoms with Gasteiger partial charge in [0.15, 0.2) is 12.4 Å². The molecule has 0 saturated carbocycles. The molecular formula is C17H16F2N4O2. The smallest absolute Gasteiger partial charge is 0.180 e. The zero-order valence-corrected chi connectivity index (χ0v) is 13.4. The van der Waals surface area contributed by atoms with Crippen molar-refractivity contribution in [2.75, 3.05) is 0 Å². The Bertz CT molecular complexity index is 856. The van der Waals surface area contributed by atoms with Crippen LogP contribution in [0.4, 0.5) is 8.78 Å². The van der Waals surface area contributed by atoms with Crippen LogP contribution in [0.2, 0.25) is 0 Å². The lowest BCUT2D eigenvalue weighted by atomic mass is 9.78. The summed E-state index contributed by atoms with van der Waals surface area (Å²) in [4.78, 5) is 3.82. The van der Waals surface area contributed by atoms with Crippen molar-refractivity contribution in [3.8, 4) is 0 Å². The molecule has 2 heterocycles. The highest BCUT2D eigenvalue weighted by molar-refractivity contribution is 5.31. The lowest BCUT2D eigenvalue weighted by Crippen LogP contribution is -2.38. The number of aromatic nitrogens is 4. The van der Waals surface area contributed by atoms with Crippen LogP contribution < -0.4 is 4.73 Å². The van der Waals surface area contributed by atoms with Crippen LogP contribution in [0, 0.1) is 16.8 Å². The molecule has 1 aromatic carbocycles. The molecule has 3 rings (SSSR count). The van der Waals surface area contributed by atoms with E-state index in [0.29, 0.717) is 10.3 Å². The van der Waals surface area contributed by atoms with Gasteiger partial charge in [-0.15, -0.1) is 0 Å². The van der Waals surface area contributed by atoms with Crippen molar-refractivity contribution in [1.82, 2.24) is 14.8 Å². The van der Waals surface area contributed by atoms with E-state index in [4.69, 9.17) is 0 Å². The fourth-order valence-corrected chi connectivity index (χ4v) is 2.85. The Morgan fingerprint density at radius 2 is 2.00 bits per heavy atom. The summed E-state index contributed by atoms with van der Waals surface area (Å²) in [5.74, 6) is -2.20. The molecule has 2 unspecified atom stereocenters. The summed E-state index contributed by atoms with van der Waals surface area (Å²) in [5, 5.41) is 26.6. The number of halogens is 2. The highest BCUT2D eigenvalue weighted by atomic mass is 19.1. The van der Waals surface area contributed by atoms with E-state index in [1.165, 1.54) is 35.8 Å². The molecule has 0 radical (unpaired) electrons. The molecule has 8 heteroatoms. The molecule has 1 N–H and O–H groups in total. The zero-order chi connectivity index (χ0) is 18.0. The molecular weight excluding hydrogens is 330 g/mol. The molecule has 3 aromatic rings. The second kappa shape index (κ2) is 6.56. The van der Waals surface area contributed by atoms with Crippen molar-refractivity contribution in [1.29, 1.82) is 0 Å². The van der Waals surface area contributed by atoms with Gasteiger partial charge in [-0.1, -0.05) is 13.0 Å². The van der Waals surface area contributed by atoms with E-state index in [1.54, 1.807) is 19.1 Å². The molecule has 0 amide bonds. The summed E-state index contributed by atoms with van der Waals surface area (Å²) in [7, 11) is 0. The van der Waals surface area contributed by atoms with E-state index in [2.05, 4.69) is 10.1 Å². The quantitative estimate of drug-likeness (QED) is 0.565. The van der Waals surface area contributed by atoms with Crippen LogP contribution in [0.5, 0.6) is 0 Å². The van der Waals surface area contributed by atoms with Crippen LogP contribution in [-0.2, 0) is 12.1 Å². The molecule has 2 aromatic heterocycles. The van der Waals surface area contributed by atoms with Gasteiger partial charge in [0.1, 0.15) is 29.9 Å². The van der Waals surface area contributed by atoms with Crippen molar-refractivity contribution in [3.05, 3.63) is 83.3 Å². The fourth-order valence-electron chi connectivity index (χ4n) is 2.85. The first-order chi connectivity index (χ1) is 11.9. The monoisotopic (exact) mass is 346 g/mol. The van der Waals surface area contributed by atoms with Crippen LogP contribution in [-0.4, -0.2) is 19.9 Å². The average Bonchev–Trinajstić information content (AvgIpc) is 3.07. The lowest BCUT2D eigenvalue weighted by molar-refractivity contribution is -0.605. The van der Waals surface area contributed by atoms with Crippen LogP contribution in [0.3, 0.4) is 0 Å². The maximum absolute atomic E-state index is 14.4. The van der Waals surface area contributed by atoms with E-state index in [-0.39, 0.29) is 12.1 Å². The van der Waals surface area contributed by atoms with Gasteiger partial charge in [0, 0.05) is 29.7 Å². The van der Waals surface area contributed by atoms with E-state index in [1.807, 2.05) is 0 Å². The van der Waals surface area contributed by atoms with E-state index in [0.717, 1.165) is 12.1 Å². The number of rotatable bonds is 5. The zero-order valence-electron chi connectivity index (χ0n) is 13.4. The first-order valence-corrected chi connectivity index (χ1v) is 7.59. The normalized spacial score (nSPS) is 14.9. The minimum absolute atomic E-state index is 0.0595. The van der Waals surface area contributed by atoms with Gasteiger partial charge < -0.3 is 10.3 Å². The molecule has 0 saturated heterocycles. The number of aliphatic hydroxyl groups is 1. The Balaban J connectivity index is 2.09. The van der Waals surface area contributed by atoms with Crippen molar-refractivity contribution < 1.29 is 18.6 Å². The molecule has 0 aliphatic rings. The van der Waals surface area contributed by atoms with Crippen molar-refractivity contribution in [2.45, 2.75) is 25.0 Å². The van der Waals surface area contributed by atoms with Crippen LogP contribution in [0.1, 0.15) is 24.0 Å². The average molecular weight is 346 g/mol. The minimum atomic E-state index is -1.74. The third kappa shape index (κ3) is 3.34. The predicted octanol–water partition coefficient (Wildman–Crippen LogP) is 1.88. The first-order valence-electron chi connectivity index (χ1n) is 7.59. The lowest BCUT2D eigenvalue weighted by Gasteiger charge is -2.35. The molecule has 0 fully saturated rings.